The number of carbonyl (C=O) groups is 1. The maximum atomic E-state index is 12.0. The van der Waals surface area contributed by atoms with Gasteiger partial charge in [-0.3, -0.25) is 4.79 Å². The molecule has 0 spiro atoms. The van der Waals surface area contributed by atoms with E-state index in [0.717, 1.165) is 11.1 Å². The normalized spacial score (nSPS) is 10.3. The number of aliphatic hydroxyl groups is 1. The maximum absolute atomic E-state index is 12.0. The molecule has 104 valence electrons. The summed E-state index contributed by atoms with van der Waals surface area (Å²) in [6.45, 7) is 0.303. The Hall–Kier alpha value is -1.85. The minimum atomic E-state index is -0.343. The maximum Gasteiger partial charge on any atom is 0.255 e. The van der Waals surface area contributed by atoms with E-state index >= 15 is 0 Å². The zero-order chi connectivity index (χ0) is 14.5. The van der Waals surface area contributed by atoms with Gasteiger partial charge in [-0.2, -0.15) is 0 Å². The molecule has 0 saturated heterocycles. The molecule has 5 heteroatoms. The highest BCUT2D eigenvalue weighted by Gasteiger charge is 2.10. The number of aromatic hydroxyl groups is 1. The summed E-state index contributed by atoms with van der Waals surface area (Å²) < 4.78 is 0.710. The van der Waals surface area contributed by atoms with E-state index in [0.29, 0.717) is 11.0 Å². The summed E-state index contributed by atoms with van der Waals surface area (Å²) in [5.41, 5.74) is 1.91. The molecule has 0 aliphatic carbocycles. The van der Waals surface area contributed by atoms with E-state index in [4.69, 9.17) is 5.11 Å². The van der Waals surface area contributed by atoms with Crippen LogP contribution >= 0.6 is 15.9 Å². The summed E-state index contributed by atoms with van der Waals surface area (Å²) in [7, 11) is 0. The number of hydrogen-bond donors (Lipinski definition) is 3. The van der Waals surface area contributed by atoms with Crippen LogP contribution in [0.1, 0.15) is 21.5 Å². The lowest BCUT2D eigenvalue weighted by atomic mass is 10.1. The molecular weight excluding hydrogens is 322 g/mol. The van der Waals surface area contributed by atoms with Gasteiger partial charge in [0.25, 0.3) is 5.91 Å². The fraction of sp³-hybridized carbons (Fsp3) is 0.133. The molecule has 0 unspecified atom stereocenters. The van der Waals surface area contributed by atoms with Crippen LogP contribution in [0.2, 0.25) is 0 Å². The fourth-order valence-corrected chi connectivity index (χ4v) is 2.16. The van der Waals surface area contributed by atoms with Gasteiger partial charge in [-0.25, -0.2) is 0 Å². The summed E-state index contributed by atoms with van der Waals surface area (Å²) in [6.07, 6.45) is 0. The summed E-state index contributed by atoms with van der Waals surface area (Å²) >= 11 is 3.22. The number of amides is 1. The molecular formula is C15H14BrNO3. The van der Waals surface area contributed by atoms with Crippen molar-refractivity contribution in [3.63, 3.8) is 0 Å². The molecule has 0 atom stereocenters. The van der Waals surface area contributed by atoms with Crippen LogP contribution in [0, 0.1) is 0 Å². The standard InChI is InChI=1S/C15H14BrNO3/c16-12-4-5-13(14(19)7-12)15(20)17-8-10-2-1-3-11(6-10)9-18/h1-7,18-19H,8-9H2,(H,17,20). The van der Waals surface area contributed by atoms with Crippen LogP contribution in [0.4, 0.5) is 0 Å². The van der Waals surface area contributed by atoms with Crippen molar-refractivity contribution in [2.24, 2.45) is 0 Å². The molecule has 2 aromatic carbocycles. The van der Waals surface area contributed by atoms with Gasteiger partial charge in [-0.1, -0.05) is 40.2 Å². The molecule has 0 bridgehead atoms. The van der Waals surface area contributed by atoms with Gasteiger partial charge in [0.15, 0.2) is 0 Å². The molecule has 0 saturated carbocycles. The SMILES string of the molecule is O=C(NCc1cccc(CO)c1)c1ccc(Br)cc1O. The Labute approximate surface area is 125 Å². The largest absolute Gasteiger partial charge is 0.507 e. The second-order valence-corrected chi connectivity index (χ2v) is 5.24. The fourth-order valence-electron chi connectivity index (χ4n) is 1.81. The van der Waals surface area contributed by atoms with E-state index in [1.165, 1.54) is 6.07 Å². The molecule has 0 fully saturated rings. The molecule has 0 aliphatic rings. The third-order valence-corrected chi connectivity index (χ3v) is 3.32. The highest BCUT2D eigenvalue weighted by Crippen LogP contribution is 2.22. The van der Waals surface area contributed by atoms with Crippen LogP contribution in [0.15, 0.2) is 46.9 Å². The molecule has 0 heterocycles. The molecule has 2 rings (SSSR count). The predicted octanol–water partition coefficient (Wildman–Crippen LogP) is 2.58. The van der Waals surface area contributed by atoms with E-state index in [2.05, 4.69) is 21.2 Å². The minimum absolute atomic E-state index is 0.0325. The van der Waals surface area contributed by atoms with Crippen molar-refractivity contribution in [3.8, 4) is 5.75 Å². The average Bonchev–Trinajstić information content (AvgIpc) is 2.45. The Morgan fingerprint density at radius 1 is 1.15 bits per heavy atom. The highest BCUT2D eigenvalue weighted by atomic mass is 79.9. The number of carbonyl (C=O) groups excluding carboxylic acids is 1. The smallest absolute Gasteiger partial charge is 0.255 e. The molecule has 0 aromatic heterocycles. The van der Waals surface area contributed by atoms with Gasteiger partial charge in [0, 0.05) is 11.0 Å². The van der Waals surface area contributed by atoms with Crippen LogP contribution < -0.4 is 5.32 Å². The number of aliphatic hydroxyl groups excluding tert-OH is 1. The monoisotopic (exact) mass is 335 g/mol. The Balaban J connectivity index is 2.04. The van der Waals surface area contributed by atoms with Crippen molar-refractivity contribution in [3.05, 3.63) is 63.6 Å². The molecule has 0 aliphatic heterocycles. The summed E-state index contributed by atoms with van der Waals surface area (Å²) in [5, 5.41) is 21.5. The van der Waals surface area contributed by atoms with Gasteiger partial charge < -0.3 is 15.5 Å². The number of phenolic OH excluding ortho intramolecular Hbond substituents is 1. The van der Waals surface area contributed by atoms with E-state index in [1.54, 1.807) is 12.1 Å². The molecule has 0 radical (unpaired) electrons. The average molecular weight is 336 g/mol. The second kappa shape index (κ2) is 6.54. The zero-order valence-electron chi connectivity index (χ0n) is 10.6. The lowest BCUT2D eigenvalue weighted by Gasteiger charge is -2.08. The number of phenols is 1. The van der Waals surface area contributed by atoms with Gasteiger partial charge in [0.05, 0.1) is 12.2 Å². The van der Waals surface area contributed by atoms with E-state index in [1.807, 2.05) is 24.3 Å². The van der Waals surface area contributed by atoms with Gasteiger partial charge in [-0.05, 0) is 29.3 Å². The third kappa shape index (κ3) is 3.59. The van der Waals surface area contributed by atoms with Crippen molar-refractivity contribution in [1.29, 1.82) is 0 Å². The second-order valence-electron chi connectivity index (χ2n) is 4.32. The van der Waals surface area contributed by atoms with Gasteiger partial charge >= 0.3 is 0 Å². The molecule has 1 amide bonds. The first-order chi connectivity index (χ1) is 9.60. The lowest BCUT2D eigenvalue weighted by Crippen LogP contribution is -2.22. The van der Waals surface area contributed by atoms with E-state index < -0.39 is 0 Å². The summed E-state index contributed by atoms with van der Waals surface area (Å²) in [4.78, 5) is 12.0. The van der Waals surface area contributed by atoms with Crippen LogP contribution in [0.25, 0.3) is 0 Å². The van der Waals surface area contributed by atoms with Gasteiger partial charge in [0.2, 0.25) is 0 Å². The first-order valence-electron chi connectivity index (χ1n) is 6.05. The van der Waals surface area contributed by atoms with Crippen LogP contribution in [0.3, 0.4) is 0 Å². The highest BCUT2D eigenvalue weighted by molar-refractivity contribution is 9.10. The van der Waals surface area contributed by atoms with Crippen molar-refractivity contribution < 1.29 is 15.0 Å². The quantitative estimate of drug-likeness (QED) is 0.804. The third-order valence-electron chi connectivity index (χ3n) is 2.83. The number of hydrogen-bond acceptors (Lipinski definition) is 3. The van der Waals surface area contributed by atoms with Crippen LogP contribution in [-0.4, -0.2) is 16.1 Å². The molecule has 4 nitrogen and oxygen atoms in total. The Kier molecular flexibility index (Phi) is 4.76. The van der Waals surface area contributed by atoms with Crippen molar-refractivity contribution >= 4 is 21.8 Å². The first kappa shape index (κ1) is 14.6. The zero-order valence-corrected chi connectivity index (χ0v) is 12.2. The van der Waals surface area contributed by atoms with Crippen molar-refractivity contribution in [2.45, 2.75) is 13.2 Å². The molecule has 20 heavy (non-hydrogen) atoms. The number of nitrogens with one attached hydrogen (secondary N) is 1. The Bertz CT molecular complexity index is 628. The predicted molar refractivity (Wildman–Crippen MR) is 79.3 cm³/mol. The van der Waals surface area contributed by atoms with Gasteiger partial charge in [-0.15, -0.1) is 0 Å². The van der Waals surface area contributed by atoms with Crippen molar-refractivity contribution in [1.82, 2.24) is 5.32 Å². The number of rotatable bonds is 4. The van der Waals surface area contributed by atoms with E-state index in [-0.39, 0.29) is 23.8 Å². The first-order valence-corrected chi connectivity index (χ1v) is 6.85. The Morgan fingerprint density at radius 2 is 1.90 bits per heavy atom. The number of benzene rings is 2. The topological polar surface area (TPSA) is 69.6 Å². The summed E-state index contributed by atoms with van der Waals surface area (Å²) in [6, 6.07) is 12.0. The van der Waals surface area contributed by atoms with Crippen LogP contribution in [-0.2, 0) is 13.2 Å². The Morgan fingerprint density at radius 3 is 2.60 bits per heavy atom. The lowest BCUT2D eigenvalue weighted by molar-refractivity contribution is 0.0948. The minimum Gasteiger partial charge on any atom is -0.507 e. The summed E-state index contributed by atoms with van der Waals surface area (Å²) in [5.74, 6) is -0.412. The van der Waals surface area contributed by atoms with E-state index in [9.17, 15) is 9.90 Å². The van der Waals surface area contributed by atoms with Gasteiger partial charge in [0.1, 0.15) is 5.75 Å². The molecule has 3 N–H and O–H groups in total. The molecule has 2 aromatic rings. The van der Waals surface area contributed by atoms with Crippen LogP contribution in [0.5, 0.6) is 5.75 Å². The number of halogens is 1. The van der Waals surface area contributed by atoms with Crippen molar-refractivity contribution in [2.75, 3.05) is 0 Å².